The summed E-state index contributed by atoms with van der Waals surface area (Å²) < 4.78 is 9.54. The number of carbonyl (C=O) groups excluding carboxylic acids is 1. The molecule has 2 amide bonds. The molecule has 0 bridgehead atoms. The fourth-order valence-electron chi connectivity index (χ4n) is 4.57. The highest BCUT2D eigenvalue weighted by Crippen LogP contribution is 2.22. The van der Waals surface area contributed by atoms with Crippen molar-refractivity contribution >= 4 is 23.2 Å². The lowest BCUT2D eigenvalue weighted by Crippen LogP contribution is -2.38. The number of aryl methyl sites for hydroxylation is 2. The first kappa shape index (κ1) is 27.7. The third-order valence-electron chi connectivity index (χ3n) is 6.38. The van der Waals surface area contributed by atoms with Gasteiger partial charge >= 0.3 is 12.2 Å². The molecule has 8 heteroatoms. The molecule has 0 fully saturated rings. The highest BCUT2D eigenvalue weighted by molar-refractivity contribution is 5.77. The summed E-state index contributed by atoms with van der Waals surface area (Å²) in [5.74, 6) is 0. The van der Waals surface area contributed by atoms with Gasteiger partial charge in [0.25, 0.3) is 0 Å². The van der Waals surface area contributed by atoms with Crippen LogP contribution in [0.4, 0.5) is 9.59 Å². The van der Waals surface area contributed by atoms with Crippen LogP contribution in [0.5, 0.6) is 0 Å². The van der Waals surface area contributed by atoms with Crippen molar-refractivity contribution in [2.75, 3.05) is 6.54 Å². The Bertz CT molecular complexity index is 1520. The quantitative estimate of drug-likeness (QED) is 0.308. The number of hydrogen-bond acceptors (Lipinski definition) is 3. The fraction of sp³-hybridized carbons (Fsp3) is 0.323. The van der Waals surface area contributed by atoms with Gasteiger partial charge in [-0.3, -0.25) is 0 Å². The highest BCUT2D eigenvalue weighted by atomic mass is 16.6. The van der Waals surface area contributed by atoms with E-state index in [9.17, 15) is 14.7 Å². The number of amides is 2. The molecule has 0 saturated carbocycles. The van der Waals surface area contributed by atoms with E-state index in [4.69, 9.17) is 4.74 Å². The van der Waals surface area contributed by atoms with Crippen molar-refractivity contribution in [3.05, 3.63) is 101 Å². The molecular weight excluding hydrogens is 492 g/mol. The smallest absolute Gasteiger partial charge is 0.437 e. The van der Waals surface area contributed by atoms with E-state index in [2.05, 4.69) is 34.6 Å². The van der Waals surface area contributed by atoms with E-state index in [1.165, 1.54) is 0 Å². The Morgan fingerprint density at radius 3 is 2.03 bits per heavy atom. The van der Waals surface area contributed by atoms with Gasteiger partial charge in [0.1, 0.15) is 5.60 Å². The molecule has 0 aliphatic heterocycles. The van der Waals surface area contributed by atoms with Gasteiger partial charge in [-0.25, -0.2) is 9.59 Å². The molecule has 1 aromatic heterocycles. The van der Waals surface area contributed by atoms with Crippen LogP contribution in [-0.4, -0.2) is 38.6 Å². The van der Waals surface area contributed by atoms with E-state index in [1.54, 1.807) is 20.8 Å². The summed E-state index contributed by atoms with van der Waals surface area (Å²) in [6.07, 6.45) is -1.29. The second-order valence-corrected chi connectivity index (χ2v) is 10.9. The molecule has 3 aromatic carbocycles. The molecule has 0 aliphatic rings. The minimum atomic E-state index is -1.11. The molecular formula is C31H36N4O4. The van der Waals surface area contributed by atoms with Gasteiger partial charge in [0, 0.05) is 6.54 Å². The number of fused-ring (bicyclic) bond motifs is 1. The molecule has 8 nitrogen and oxygen atoms in total. The van der Waals surface area contributed by atoms with E-state index in [0.717, 1.165) is 33.3 Å². The predicted octanol–water partition coefficient (Wildman–Crippen LogP) is 6.00. The van der Waals surface area contributed by atoms with Crippen LogP contribution in [-0.2, 0) is 17.7 Å². The Kier molecular flexibility index (Phi) is 8.24. The molecule has 4 aromatic rings. The van der Waals surface area contributed by atoms with E-state index < -0.39 is 17.8 Å². The first-order valence-corrected chi connectivity index (χ1v) is 13.1. The number of benzene rings is 3. The fourth-order valence-corrected chi connectivity index (χ4v) is 4.57. The highest BCUT2D eigenvalue weighted by Gasteiger charge is 2.23. The maximum atomic E-state index is 13.1. The van der Waals surface area contributed by atoms with Gasteiger partial charge in [-0.2, -0.15) is 0 Å². The lowest BCUT2D eigenvalue weighted by Gasteiger charge is -2.21. The number of nitrogens with zero attached hydrogens (tertiary/aromatic N) is 3. The van der Waals surface area contributed by atoms with Gasteiger partial charge in [0.05, 0.1) is 23.6 Å². The normalized spacial score (nSPS) is 12.9. The third kappa shape index (κ3) is 7.16. The summed E-state index contributed by atoms with van der Waals surface area (Å²) in [5.41, 5.74) is 5.79. The molecule has 0 spiro atoms. The zero-order valence-corrected chi connectivity index (χ0v) is 23.1. The van der Waals surface area contributed by atoms with E-state index in [1.807, 2.05) is 71.5 Å². The molecule has 1 unspecified atom stereocenters. The number of ether oxygens (including phenoxy) is 1. The van der Waals surface area contributed by atoms with Crippen LogP contribution >= 0.6 is 0 Å². The van der Waals surface area contributed by atoms with Crippen molar-refractivity contribution in [3.63, 3.8) is 0 Å². The van der Waals surface area contributed by atoms with Crippen molar-refractivity contribution in [3.8, 4) is 0 Å². The number of imidazole rings is 1. The Balaban J connectivity index is 1.95. The molecule has 0 saturated heterocycles. The minimum absolute atomic E-state index is 0.128. The molecule has 0 aliphatic carbocycles. The average Bonchev–Trinajstić information content (AvgIpc) is 3.15. The number of rotatable bonds is 7. The van der Waals surface area contributed by atoms with Gasteiger partial charge in [0.15, 0.2) is 0 Å². The monoisotopic (exact) mass is 528 g/mol. The van der Waals surface area contributed by atoms with Gasteiger partial charge < -0.3 is 24.3 Å². The van der Waals surface area contributed by atoms with Crippen LogP contribution in [0.1, 0.15) is 49.1 Å². The Morgan fingerprint density at radius 1 is 0.897 bits per heavy atom. The van der Waals surface area contributed by atoms with Crippen molar-refractivity contribution < 1.29 is 19.4 Å². The van der Waals surface area contributed by atoms with Crippen molar-refractivity contribution in [1.82, 2.24) is 14.5 Å². The average molecular weight is 529 g/mol. The summed E-state index contributed by atoms with van der Waals surface area (Å²) in [7, 11) is 0. The topological polar surface area (TPSA) is 97.8 Å². The van der Waals surface area contributed by atoms with Crippen LogP contribution in [0.15, 0.2) is 77.8 Å². The molecule has 39 heavy (non-hydrogen) atoms. The van der Waals surface area contributed by atoms with Crippen LogP contribution in [0.2, 0.25) is 0 Å². The van der Waals surface area contributed by atoms with Crippen LogP contribution in [0.3, 0.4) is 0 Å². The maximum absolute atomic E-state index is 13.1. The van der Waals surface area contributed by atoms with E-state index in [0.29, 0.717) is 18.6 Å². The van der Waals surface area contributed by atoms with Crippen LogP contribution in [0.25, 0.3) is 11.0 Å². The largest absolute Gasteiger partial charge is 0.465 e. The van der Waals surface area contributed by atoms with Crippen molar-refractivity contribution in [1.29, 1.82) is 0 Å². The van der Waals surface area contributed by atoms with Gasteiger partial charge in [0.2, 0.25) is 5.62 Å². The number of hydrogen-bond donors (Lipinski definition) is 2. The van der Waals surface area contributed by atoms with Gasteiger partial charge in [-0.05, 0) is 64.3 Å². The van der Waals surface area contributed by atoms with Crippen molar-refractivity contribution in [2.45, 2.75) is 59.2 Å². The number of carboxylic acid groups (broad SMARTS) is 1. The summed E-state index contributed by atoms with van der Waals surface area (Å²) in [6, 6.07) is 23.8. The summed E-state index contributed by atoms with van der Waals surface area (Å²) in [6.45, 7) is 10.1. The Labute approximate surface area is 228 Å². The van der Waals surface area contributed by atoms with Crippen molar-refractivity contribution in [2.24, 2.45) is 4.99 Å². The second kappa shape index (κ2) is 11.6. The van der Waals surface area contributed by atoms with Gasteiger partial charge in [-0.15, -0.1) is 4.99 Å². The third-order valence-corrected chi connectivity index (χ3v) is 6.38. The zero-order chi connectivity index (χ0) is 28.2. The molecule has 1 atom stereocenters. The molecule has 2 N–H and O–H groups in total. The molecule has 204 valence electrons. The van der Waals surface area contributed by atoms with Crippen LogP contribution < -0.4 is 10.9 Å². The number of para-hydroxylation sites is 2. The maximum Gasteiger partial charge on any atom is 0.437 e. The minimum Gasteiger partial charge on any atom is -0.465 e. The summed E-state index contributed by atoms with van der Waals surface area (Å²) >= 11 is 0. The number of nitrogens with one attached hydrogen (secondary N) is 1. The molecule has 4 rings (SSSR count). The second-order valence-electron chi connectivity index (χ2n) is 10.9. The van der Waals surface area contributed by atoms with E-state index >= 15 is 0 Å². The molecule has 0 radical (unpaired) electrons. The first-order chi connectivity index (χ1) is 18.5. The Morgan fingerprint density at radius 2 is 1.46 bits per heavy atom. The summed E-state index contributed by atoms with van der Waals surface area (Å²) in [4.78, 5) is 29.1. The predicted molar refractivity (Wildman–Crippen MR) is 152 cm³/mol. The van der Waals surface area contributed by atoms with Crippen LogP contribution in [0, 0.1) is 13.8 Å². The Hall–Kier alpha value is -4.33. The lowest BCUT2D eigenvalue weighted by atomic mass is 10.0. The van der Waals surface area contributed by atoms with Gasteiger partial charge in [-0.1, -0.05) is 71.8 Å². The standard InChI is InChI=1S/C31H36N4O4/c1-21-10-14-23(15-11-21)18-25(19-32-29(36)37)35-27-9-7-6-8-26(27)34(20-24-16-12-22(2)13-17-24)28(35)33-30(38)39-31(3,4)5/h6-17,25,32H,18-20H2,1-5H3,(H,36,37). The summed E-state index contributed by atoms with van der Waals surface area (Å²) in [5, 5.41) is 12.0. The van der Waals surface area contributed by atoms with E-state index in [-0.39, 0.29) is 12.6 Å². The number of aromatic nitrogens is 2. The SMILES string of the molecule is Cc1ccc(CC(CNC(=O)O)n2c(=NC(=O)OC(C)(C)C)n(Cc3ccc(C)cc3)c3ccccc32)cc1. The first-order valence-electron chi connectivity index (χ1n) is 13.1. The zero-order valence-electron chi connectivity index (χ0n) is 23.1. The molecule has 1 heterocycles. The lowest BCUT2D eigenvalue weighted by molar-refractivity contribution is 0.0593. The number of carbonyl (C=O) groups is 2.